The van der Waals surface area contributed by atoms with Crippen molar-refractivity contribution in [3.63, 3.8) is 0 Å². The lowest BCUT2D eigenvalue weighted by Crippen LogP contribution is -2.53. The number of hydrogen-bond acceptors (Lipinski definition) is 5. The van der Waals surface area contributed by atoms with Crippen LogP contribution in [0.25, 0.3) is 0 Å². The predicted octanol–water partition coefficient (Wildman–Crippen LogP) is 2.38. The van der Waals surface area contributed by atoms with Gasteiger partial charge in [-0.3, -0.25) is 10.2 Å². The number of nitrogens with zero attached hydrogens (tertiary/aromatic N) is 2. The lowest BCUT2D eigenvalue weighted by Gasteiger charge is -2.34. The molecular formula is C17H27ClN4O2. The second-order valence-corrected chi connectivity index (χ2v) is 6.46. The molecule has 0 atom stereocenters. The van der Waals surface area contributed by atoms with Gasteiger partial charge in [0.15, 0.2) is 0 Å². The number of nitrogens with two attached hydrogens (primary N) is 1. The van der Waals surface area contributed by atoms with Gasteiger partial charge in [-0.05, 0) is 19.0 Å². The average Bonchev–Trinajstić information content (AvgIpc) is 2.58. The van der Waals surface area contributed by atoms with Gasteiger partial charge in [-0.2, -0.15) is 0 Å². The Hall–Kier alpha value is -1.50. The molecular weight excluding hydrogens is 328 g/mol. The number of unbranched alkanes of at least 4 members (excludes halogenated alkanes) is 2. The number of hydrazine groups is 1. The highest BCUT2D eigenvalue weighted by molar-refractivity contribution is 6.33. The molecule has 1 aliphatic heterocycles. The highest BCUT2D eigenvalue weighted by Gasteiger charge is 2.21. The molecule has 24 heavy (non-hydrogen) atoms. The van der Waals surface area contributed by atoms with Crippen LogP contribution in [0.1, 0.15) is 36.5 Å². The minimum Gasteiger partial charge on any atom is -0.496 e. The molecule has 1 amide bonds. The van der Waals surface area contributed by atoms with E-state index in [1.807, 2.05) is 5.01 Å². The number of rotatable bonds is 7. The van der Waals surface area contributed by atoms with E-state index in [0.717, 1.165) is 32.7 Å². The molecule has 0 bridgehead atoms. The van der Waals surface area contributed by atoms with E-state index < -0.39 is 0 Å². The molecule has 0 radical (unpaired) electrons. The van der Waals surface area contributed by atoms with Crippen molar-refractivity contribution in [1.82, 2.24) is 15.3 Å². The fraction of sp³-hybridized carbons (Fsp3) is 0.588. The fourth-order valence-electron chi connectivity index (χ4n) is 2.79. The van der Waals surface area contributed by atoms with Crippen LogP contribution < -0.4 is 15.9 Å². The summed E-state index contributed by atoms with van der Waals surface area (Å²) in [4.78, 5) is 14.9. The van der Waals surface area contributed by atoms with E-state index in [1.165, 1.54) is 26.4 Å². The van der Waals surface area contributed by atoms with Crippen molar-refractivity contribution >= 4 is 23.2 Å². The molecule has 0 aromatic heterocycles. The molecule has 0 spiro atoms. The number of amides is 1. The Kier molecular flexibility index (Phi) is 7.15. The molecule has 1 fully saturated rings. The maximum Gasteiger partial charge on any atom is 0.269 e. The molecule has 1 aromatic carbocycles. The number of anilines is 1. The number of piperazine rings is 1. The summed E-state index contributed by atoms with van der Waals surface area (Å²) in [6.07, 6.45) is 3.75. The predicted molar refractivity (Wildman–Crippen MR) is 97.4 cm³/mol. The van der Waals surface area contributed by atoms with Crippen molar-refractivity contribution in [3.8, 4) is 5.75 Å². The molecule has 0 unspecified atom stereocenters. The number of ether oxygens (including phenoxy) is 1. The first-order chi connectivity index (χ1) is 11.5. The largest absolute Gasteiger partial charge is 0.496 e. The standard InChI is InChI=1S/C17H27ClN4O2/c1-3-4-5-6-21-7-9-22(10-8-21)20-17(23)13-11-14(18)15(19)12-16(13)24-2/h11-12H,3-10,19H2,1-2H3,(H,20,23). The molecule has 1 aromatic rings. The molecule has 2 rings (SSSR count). The van der Waals surface area contributed by atoms with Crippen molar-refractivity contribution in [3.05, 3.63) is 22.7 Å². The Balaban J connectivity index is 1.89. The van der Waals surface area contributed by atoms with Gasteiger partial charge in [0.05, 0.1) is 23.4 Å². The summed E-state index contributed by atoms with van der Waals surface area (Å²) in [6.45, 7) is 6.89. The van der Waals surface area contributed by atoms with Crippen LogP contribution in [0.3, 0.4) is 0 Å². The van der Waals surface area contributed by atoms with Gasteiger partial charge in [-0.25, -0.2) is 5.01 Å². The Labute approximate surface area is 148 Å². The molecule has 1 heterocycles. The van der Waals surface area contributed by atoms with Crippen molar-refractivity contribution in [2.45, 2.75) is 26.2 Å². The van der Waals surface area contributed by atoms with Gasteiger partial charge in [0.2, 0.25) is 0 Å². The lowest BCUT2D eigenvalue weighted by atomic mass is 10.1. The minimum absolute atomic E-state index is 0.229. The zero-order valence-electron chi connectivity index (χ0n) is 14.5. The van der Waals surface area contributed by atoms with Crippen molar-refractivity contribution in [2.24, 2.45) is 0 Å². The van der Waals surface area contributed by atoms with Crippen molar-refractivity contribution < 1.29 is 9.53 Å². The Morgan fingerprint density at radius 2 is 2.00 bits per heavy atom. The van der Waals surface area contributed by atoms with E-state index in [1.54, 1.807) is 12.1 Å². The summed E-state index contributed by atoms with van der Waals surface area (Å²) in [7, 11) is 1.51. The third kappa shape index (κ3) is 5.00. The van der Waals surface area contributed by atoms with Gasteiger partial charge in [0, 0.05) is 32.2 Å². The Morgan fingerprint density at radius 1 is 1.29 bits per heavy atom. The number of hydrogen-bond donors (Lipinski definition) is 2. The molecule has 6 nitrogen and oxygen atoms in total. The van der Waals surface area contributed by atoms with Crippen LogP contribution in [-0.2, 0) is 0 Å². The molecule has 1 aliphatic rings. The smallest absolute Gasteiger partial charge is 0.269 e. The minimum atomic E-state index is -0.229. The van der Waals surface area contributed by atoms with Crippen molar-refractivity contribution in [1.29, 1.82) is 0 Å². The van der Waals surface area contributed by atoms with Gasteiger partial charge >= 0.3 is 0 Å². The third-order valence-electron chi connectivity index (χ3n) is 4.27. The molecule has 1 saturated heterocycles. The Morgan fingerprint density at radius 3 is 2.62 bits per heavy atom. The van der Waals surface area contributed by atoms with E-state index in [-0.39, 0.29) is 5.91 Å². The van der Waals surface area contributed by atoms with E-state index in [0.29, 0.717) is 22.0 Å². The quantitative estimate of drug-likeness (QED) is 0.581. The number of halogens is 1. The molecule has 3 N–H and O–H groups in total. The number of carbonyl (C=O) groups is 1. The summed E-state index contributed by atoms with van der Waals surface area (Å²) in [6, 6.07) is 3.12. The highest BCUT2D eigenvalue weighted by atomic mass is 35.5. The zero-order chi connectivity index (χ0) is 17.5. The van der Waals surface area contributed by atoms with Crippen LogP contribution >= 0.6 is 11.6 Å². The fourth-order valence-corrected chi connectivity index (χ4v) is 2.95. The third-order valence-corrected chi connectivity index (χ3v) is 4.60. The SMILES string of the molecule is CCCCCN1CCN(NC(=O)c2cc(Cl)c(N)cc2OC)CC1. The lowest BCUT2D eigenvalue weighted by molar-refractivity contribution is 0.0614. The first-order valence-corrected chi connectivity index (χ1v) is 8.84. The topological polar surface area (TPSA) is 70.8 Å². The van der Waals surface area contributed by atoms with Crippen LogP contribution in [0.4, 0.5) is 5.69 Å². The first kappa shape index (κ1) is 18.8. The van der Waals surface area contributed by atoms with Gasteiger partial charge < -0.3 is 15.4 Å². The monoisotopic (exact) mass is 354 g/mol. The van der Waals surface area contributed by atoms with Gasteiger partial charge in [-0.1, -0.05) is 31.4 Å². The van der Waals surface area contributed by atoms with Gasteiger partial charge in [0.1, 0.15) is 5.75 Å². The number of methoxy groups -OCH3 is 1. The van der Waals surface area contributed by atoms with Crippen LogP contribution in [0.15, 0.2) is 12.1 Å². The molecule has 134 valence electrons. The van der Waals surface area contributed by atoms with Gasteiger partial charge in [-0.15, -0.1) is 0 Å². The first-order valence-electron chi connectivity index (χ1n) is 8.46. The highest BCUT2D eigenvalue weighted by Crippen LogP contribution is 2.28. The van der Waals surface area contributed by atoms with Crippen LogP contribution in [0.2, 0.25) is 5.02 Å². The number of nitrogens with one attached hydrogen (secondary N) is 1. The summed E-state index contributed by atoms with van der Waals surface area (Å²) in [5.41, 5.74) is 9.47. The van der Waals surface area contributed by atoms with Crippen molar-refractivity contribution in [2.75, 3.05) is 45.6 Å². The molecule has 0 saturated carbocycles. The average molecular weight is 355 g/mol. The maximum atomic E-state index is 12.5. The summed E-state index contributed by atoms with van der Waals surface area (Å²) in [5.74, 6) is 0.195. The zero-order valence-corrected chi connectivity index (χ0v) is 15.2. The van der Waals surface area contributed by atoms with E-state index >= 15 is 0 Å². The summed E-state index contributed by atoms with van der Waals surface area (Å²) < 4.78 is 5.24. The second kappa shape index (κ2) is 9.11. The van der Waals surface area contributed by atoms with E-state index in [2.05, 4.69) is 17.2 Å². The van der Waals surface area contributed by atoms with E-state index in [9.17, 15) is 4.79 Å². The van der Waals surface area contributed by atoms with Crippen LogP contribution in [0, 0.1) is 0 Å². The molecule has 0 aliphatic carbocycles. The number of nitrogen functional groups attached to an aromatic ring is 1. The Bertz CT molecular complexity index is 560. The summed E-state index contributed by atoms with van der Waals surface area (Å²) >= 11 is 6.03. The van der Waals surface area contributed by atoms with Crippen LogP contribution in [-0.4, -0.2) is 55.6 Å². The maximum absolute atomic E-state index is 12.5. The van der Waals surface area contributed by atoms with Crippen LogP contribution in [0.5, 0.6) is 5.75 Å². The van der Waals surface area contributed by atoms with Gasteiger partial charge in [0.25, 0.3) is 5.91 Å². The molecule has 7 heteroatoms. The number of carbonyl (C=O) groups excluding carboxylic acids is 1. The second-order valence-electron chi connectivity index (χ2n) is 6.05. The number of benzene rings is 1. The normalized spacial score (nSPS) is 16.1. The summed E-state index contributed by atoms with van der Waals surface area (Å²) in [5, 5.41) is 2.30. The van der Waals surface area contributed by atoms with E-state index in [4.69, 9.17) is 22.1 Å².